The molecule has 1 rings (SSSR count). The van der Waals surface area contributed by atoms with Crippen LogP contribution < -0.4 is 4.90 Å². The monoisotopic (exact) mass is 252 g/mol. The lowest BCUT2D eigenvalue weighted by atomic mass is 10.3. The Balaban J connectivity index is 2.95. The standard InChI is InChI=1S/C11H13BrN2/c1-4-6-14(5-2)11-7-9(3)10(12)8-13-11/h1,7-8H,5-6H2,2-3H3. The van der Waals surface area contributed by atoms with E-state index >= 15 is 0 Å². The molecule has 0 aliphatic heterocycles. The van der Waals surface area contributed by atoms with Crippen molar-refractivity contribution in [3.63, 3.8) is 0 Å². The van der Waals surface area contributed by atoms with Gasteiger partial charge in [-0.05, 0) is 41.4 Å². The van der Waals surface area contributed by atoms with Crippen molar-refractivity contribution in [3.8, 4) is 12.3 Å². The van der Waals surface area contributed by atoms with E-state index in [1.165, 1.54) is 5.56 Å². The number of hydrogen-bond acceptors (Lipinski definition) is 2. The molecule has 0 N–H and O–H groups in total. The second-order valence-corrected chi connectivity index (χ2v) is 3.86. The van der Waals surface area contributed by atoms with Gasteiger partial charge in [0.2, 0.25) is 0 Å². The molecule has 0 radical (unpaired) electrons. The van der Waals surface area contributed by atoms with Gasteiger partial charge in [0.05, 0.1) is 6.54 Å². The summed E-state index contributed by atoms with van der Waals surface area (Å²) in [4.78, 5) is 6.37. The topological polar surface area (TPSA) is 16.1 Å². The van der Waals surface area contributed by atoms with Gasteiger partial charge in [0.15, 0.2) is 0 Å². The fraction of sp³-hybridized carbons (Fsp3) is 0.364. The first-order valence-electron chi connectivity index (χ1n) is 4.49. The van der Waals surface area contributed by atoms with Crippen molar-refractivity contribution in [2.45, 2.75) is 13.8 Å². The first-order valence-corrected chi connectivity index (χ1v) is 5.29. The third-order valence-corrected chi connectivity index (χ3v) is 2.85. The van der Waals surface area contributed by atoms with E-state index < -0.39 is 0 Å². The Morgan fingerprint density at radius 1 is 1.64 bits per heavy atom. The van der Waals surface area contributed by atoms with E-state index in [4.69, 9.17) is 6.42 Å². The van der Waals surface area contributed by atoms with E-state index in [0.29, 0.717) is 6.54 Å². The minimum Gasteiger partial charge on any atom is -0.346 e. The van der Waals surface area contributed by atoms with Crippen LogP contribution in [0.4, 0.5) is 5.82 Å². The molecule has 0 bridgehead atoms. The highest BCUT2D eigenvalue weighted by Gasteiger charge is 2.05. The normalized spacial score (nSPS) is 9.57. The molecule has 0 aliphatic rings. The summed E-state index contributed by atoms with van der Waals surface area (Å²) in [5, 5.41) is 0. The molecule has 0 amide bonds. The van der Waals surface area contributed by atoms with Gasteiger partial charge in [0.25, 0.3) is 0 Å². The molecule has 2 nitrogen and oxygen atoms in total. The Labute approximate surface area is 93.5 Å². The summed E-state index contributed by atoms with van der Waals surface area (Å²) in [6.07, 6.45) is 7.09. The van der Waals surface area contributed by atoms with Crippen LogP contribution >= 0.6 is 15.9 Å². The molecule has 0 aromatic carbocycles. The van der Waals surface area contributed by atoms with Crippen LogP contribution in [0.25, 0.3) is 0 Å². The van der Waals surface area contributed by atoms with Crippen LogP contribution in [-0.2, 0) is 0 Å². The van der Waals surface area contributed by atoms with Crippen LogP contribution in [0.3, 0.4) is 0 Å². The van der Waals surface area contributed by atoms with Crippen LogP contribution in [0.2, 0.25) is 0 Å². The highest BCUT2D eigenvalue weighted by atomic mass is 79.9. The maximum Gasteiger partial charge on any atom is 0.129 e. The summed E-state index contributed by atoms with van der Waals surface area (Å²) in [6.45, 7) is 5.58. The van der Waals surface area contributed by atoms with Gasteiger partial charge in [-0.25, -0.2) is 4.98 Å². The number of halogens is 1. The first kappa shape index (κ1) is 11.1. The molecule has 14 heavy (non-hydrogen) atoms. The third kappa shape index (κ3) is 2.49. The van der Waals surface area contributed by atoms with E-state index in [1.54, 1.807) is 0 Å². The van der Waals surface area contributed by atoms with Crippen molar-refractivity contribution in [3.05, 3.63) is 22.3 Å². The maximum atomic E-state index is 5.28. The van der Waals surface area contributed by atoms with Gasteiger partial charge in [-0.15, -0.1) is 6.42 Å². The Hall–Kier alpha value is -1.01. The zero-order valence-electron chi connectivity index (χ0n) is 8.42. The molecular formula is C11H13BrN2. The summed E-state index contributed by atoms with van der Waals surface area (Å²) >= 11 is 3.42. The van der Waals surface area contributed by atoms with Crippen molar-refractivity contribution >= 4 is 21.7 Å². The van der Waals surface area contributed by atoms with Gasteiger partial charge in [0, 0.05) is 17.2 Å². The highest BCUT2D eigenvalue weighted by molar-refractivity contribution is 9.10. The zero-order valence-corrected chi connectivity index (χ0v) is 10.0. The number of aromatic nitrogens is 1. The Bertz CT molecular complexity index is 355. The van der Waals surface area contributed by atoms with Gasteiger partial charge in [-0.2, -0.15) is 0 Å². The van der Waals surface area contributed by atoms with E-state index in [1.807, 2.05) is 19.2 Å². The van der Waals surface area contributed by atoms with E-state index in [9.17, 15) is 0 Å². The zero-order chi connectivity index (χ0) is 10.6. The first-order chi connectivity index (χ1) is 6.69. The third-order valence-electron chi connectivity index (χ3n) is 2.02. The molecule has 0 saturated heterocycles. The molecule has 1 heterocycles. The Kier molecular flexibility index (Phi) is 3.97. The molecule has 1 aromatic heterocycles. The van der Waals surface area contributed by atoms with Gasteiger partial charge in [-0.1, -0.05) is 5.92 Å². The summed E-state index contributed by atoms with van der Waals surface area (Å²) < 4.78 is 1.03. The fourth-order valence-corrected chi connectivity index (χ4v) is 1.38. The lowest BCUT2D eigenvalue weighted by Gasteiger charge is -2.19. The van der Waals surface area contributed by atoms with Gasteiger partial charge < -0.3 is 4.90 Å². The molecule has 0 unspecified atom stereocenters. The lowest BCUT2D eigenvalue weighted by molar-refractivity contribution is 0.890. The van der Waals surface area contributed by atoms with Crippen molar-refractivity contribution in [2.24, 2.45) is 0 Å². The molecule has 0 aliphatic carbocycles. The summed E-state index contributed by atoms with van der Waals surface area (Å²) in [5.74, 6) is 3.56. The van der Waals surface area contributed by atoms with Crippen molar-refractivity contribution < 1.29 is 0 Å². The van der Waals surface area contributed by atoms with Crippen LogP contribution in [0.15, 0.2) is 16.7 Å². The number of aryl methyl sites for hydroxylation is 1. The quantitative estimate of drug-likeness (QED) is 0.770. The van der Waals surface area contributed by atoms with E-state index in [0.717, 1.165) is 16.8 Å². The highest BCUT2D eigenvalue weighted by Crippen LogP contribution is 2.19. The molecule has 1 aromatic rings. The van der Waals surface area contributed by atoms with Crippen molar-refractivity contribution in [2.75, 3.05) is 18.0 Å². The predicted octanol–water partition coefficient (Wildman–Crippen LogP) is 2.61. The molecule has 0 fully saturated rings. The summed E-state index contributed by atoms with van der Waals surface area (Å²) in [6, 6.07) is 2.03. The number of nitrogens with zero attached hydrogens (tertiary/aromatic N) is 2. The minimum atomic E-state index is 0.602. The van der Waals surface area contributed by atoms with Gasteiger partial charge in [0.1, 0.15) is 5.82 Å². The molecule has 3 heteroatoms. The number of rotatable bonds is 3. The molecule has 0 spiro atoms. The largest absolute Gasteiger partial charge is 0.346 e. The average molecular weight is 253 g/mol. The second-order valence-electron chi connectivity index (χ2n) is 3.01. The van der Waals surface area contributed by atoms with Crippen LogP contribution in [0.1, 0.15) is 12.5 Å². The van der Waals surface area contributed by atoms with Gasteiger partial charge >= 0.3 is 0 Å². The lowest BCUT2D eigenvalue weighted by Crippen LogP contribution is -2.23. The molecule has 0 saturated carbocycles. The van der Waals surface area contributed by atoms with Crippen LogP contribution in [-0.4, -0.2) is 18.1 Å². The Morgan fingerprint density at radius 3 is 2.86 bits per heavy atom. The van der Waals surface area contributed by atoms with Crippen LogP contribution in [0, 0.1) is 19.3 Å². The fourth-order valence-electron chi connectivity index (χ4n) is 1.16. The van der Waals surface area contributed by atoms with Crippen molar-refractivity contribution in [1.82, 2.24) is 4.98 Å². The molecule has 74 valence electrons. The number of pyridine rings is 1. The Morgan fingerprint density at radius 2 is 2.36 bits per heavy atom. The van der Waals surface area contributed by atoms with Crippen LogP contribution in [0.5, 0.6) is 0 Å². The number of terminal acetylenes is 1. The van der Waals surface area contributed by atoms with Gasteiger partial charge in [-0.3, -0.25) is 0 Å². The summed E-state index contributed by atoms with van der Waals surface area (Å²) in [5.41, 5.74) is 1.17. The smallest absolute Gasteiger partial charge is 0.129 e. The number of hydrogen-bond donors (Lipinski definition) is 0. The summed E-state index contributed by atoms with van der Waals surface area (Å²) in [7, 11) is 0. The minimum absolute atomic E-state index is 0.602. The molecular weight excluding hydrogens is 240 g/mol. The maximum absolute atomic E-state index is 5.28. The predicted molar refractivity (Wildman–Crippen MR) is 63.4 cm³/mol. The average Bonchev–Trinajstić information content (AvgIpc) is 2.19. The second kappa shape index (κ2) is 5.02. The van der Waals surface area contributed by atoms with Crippen molar-refractivity contribution in [1.29, 1.82) is 0 Å². The van der Waals surface area contributed by atoms with E-state index in [-0.39, 0.29) is 0 Å². The number of anilines is 1. The molecule has 0 atom stereocenters. The van der Waals surface area contributed by atoms with E-state index in [2.05, 4.69) is 38.7 Å². The SMILES string of the molecule is C#CCN(CC)c1cc(C)c(Br)cn1.